The number of ether oxygens (including phenoxy) is 2. The van der Waals surface area contributed by atoms with E-state index in [1.54, 1.807) is 48.7 Å². The Kier molecular flexibility index (Phi) is 7.48. The molecule has 3 heterocycles. The molecule has 1 aliphatic rings. The first-order valence-corrected chi connectivity index (χ1v) is 14.1. The van der Waals surface area contributed by atoms with Crippen molar-refractivity contribution in [2.45, 2.75) is 20.4 Å². The van der Waals surface area contributed by atoms with Crippen molar-refractivity contribution in [1.29, 1.82) is 0 Å². The number of carbonyl (C=O) groups is 3. The second-order valence-corrected chi connectivity index (χ2v) is 10.9. The Hall–Kier alpha value is -5.65. The van der Waals surface area contributed by atoms with E-state index in [0.717, 1.165) is 0 Å². The monoisotopic (exact) mass is 593 g/mol. The number of rotatable bonds is 7. The van der Waals surface area contributed by atoms with E-state index in [9.17, 15) is 14.4 Å². The predicted molar refractivity (Wildman–Crippen MR) is 166 cm³/mol. The first-order chi connectivity index (χ1) is 21.2. The summed E-state index contributed by atoms with van der Waals surface area (Å²) in [5, 5.41) is 5.82. The maximum atomic E-state index is 14.0. The van der Waals surface area contributed by atoms with Gasteiger partial charge in [-0.05, 0) is 59.5 Å². The summed E-state index contributed by atoms with van der Waals surface area (Å²) >= 11 is 0. The number of nitrogens with one attached hydrogen (secondary N) is 3. The quantitative estimate of drug-likeness (QED) is 0.200. The van der Waals surface area contributed by atoms with Crippen LogP contribution in [0.25, 0.3) is 33.5 Å². The second kappa shape index (κ2) is 11.6. The average molecular weight is 594 g/mol. The van der Waals surface area contributed by atoms with Crippen LogP contribution in [-0.4, -0.2) is 57.6 Å². The van der Waals surface area contributed by atoms with Crippen LogP contribution in [0.5, 0.6) is 5.75 Å². The van der Waals surface area contributed by atoms with Crippen molar-refractivity contribution in [1.82, 2.24) is 24.8 Å². The van der Waals surface area contributed by atoms with Gasteiger partial charge >= 0.3 is 5.97 Å². The number of H-pyrrole nitrogens is 1. The van der Waals surface area contributed by atoms with Crippen molar-refractivity contribution in [3.8, 4) is 28.3 Å². The molecule has 0 unspecified atom stereocenters. The molecule has 12 heteroatoms. The molecule has 0 saturated heterocycles. The van der Waals surface area contributed by atoms with E-state index in [1.807, 2.05) is 24.6 Å². The Morgan fingerprint density at radius 1 is 1.05 bits per heavy atom. The Balaban J connectivity index is 1.49. The SMILES string of the molecule is COC(=O)c1cc(C(=O)NCC(C)C)ccc1-c1cc2c(cc1C(=O)Nc1ccc3nc(N)[nH]c3c1)-c1nccn1CCO2. The molecule has 0 spiro atoms. The topological polar surface area (TPSA) is 166 Å². The summed E-state index contributed by atoms with van der Waals surface area (Å²) in [6.45, 7) is 5.42. The van der Waals surface area contributed by atoms with Gasteiger partial charge < -0.3 is 35.4 Å². The minimum atomic E-state index is -0.654. The average Bonchev–Trinajstić information content (AvgIpc) is 3.59. The second-order valence-electron chi connectivity index (χ2n) is 10.9. The molecule has 224 valence electrons. The number of esters is 1. The van der Waals surface area contributed by atoms with Crippen LogP contribution in [0, 0.1) is 5.92 Å². The van der Waals surface area contributed by atoms with Crippen LogP contribution in [0.3, 0.4) is 0 Å². The number of aromatic amines is 1. The first kappa shape index (κ1) is 28.5. The number of anilines is 2. The fraction of sp³-hybridized carbons (Fsp3) is 0.219. The van der Waals surface area contributed by atoms with Crippen LogP contribution in [0.2, 0.25) is 0 Å². The largest absolute Gasteiger partial charge is 0.491 e. The molecule has 0 bridgehead atoms. The van der Waals surface area contributed by atoms with Gasteiger partial charge in [0.25, 0.3) is 11.8 Å². The summed E-state index contributed by atoms with van der Waals surface area (Å²) in [6, 6.07) is 13.4. The molecule has 1 aliphatic heterocycles. The van der Waals surface area contributed by atoms with Gasteiger partial charge in [0.1, 0.15) is 18.2 Å². The Morgan fingerprint density at radius 3 is 2.68 bits per heavy atom. The number of nitrogens with zero attached hydrogens (tertiary/aromatic N) is 3. The van der Waals surface area contributed by atoms with Crippen molar-refractivity contribution in [2.75, 3.05) is 31.3 Å². The zero-order valence-electron chi connectivity index (χ0n) is 24.4. The summed E-state index contributed by atoms with van der Waals surface area (Å²) in [5.74, 6) is 0.262. The third kappa shape index (κ3) is 5.44. The van der Waals surface area contributed by atoms with E-state index < -0.39 is 11.9 Å². The number of carbonyl (C=O) groups excluding carboxylic acids is 3. The number of benzene rings is 3. The number of nitrogen functional groups attached to an aromatic ring is 1. The summed E-state index contributed by atoms with van der Waals surface area (Å²) in [6.07, 6.45) is 3.55. The van der Waals surface area contributed by atoms with Gasteiger partial charge in [-0.25, -0.2) is 14.8 Å². The third-order valence-corrected chi connectivity index (χ3v) is 7.32. The van der Waals surface area contributed by atoms with E-state index in [-0.39, 0.29) is 28.9 Å². The summed E-state index contributed by atoms with van der Waals surface area (Å²) in [7, 11) is 1.27. The molecule has 2 amide bonds. The van der Waals surface area contributed by atoms with Crippen LogP contribution < -0.4 is 21.1 Å². The van der Waals surface area contributed by atoms with Gasteiger partial charge in [-0.2, -0.15) is 0 Å². The number of fused-ring (bicyclic) bond motifs is 4. The molecule has 0 saturated carbocycles. The number of amides is 2. The van der Waals surface area contributed by atoms with Gasteiger partial charge in [0, 0.05) is 35.8 Å². The molecule has 6 rings (SSSR count). The van der Waals surface area contributed by atoms with Gasteiger partial charge in [-0.3, -0.25) is 9.59 Å². The number of aromatic nitrogens is 4. The Bertz CT molecular complexity index is 1920. The van der Waals surface area contributed by atoms with Crippen molar-refractivity contribution >= 4 is 40.5 Å². The Morgan fingerprint density at radius 2 is 1.89 bits per heavy atom. The maximum absolute atomic E-state index is 14.0. The van der Waals surface area contributed by atoms with Gasteiger partial charge in [-0.15, -0.1) is 0 Å². The molecule has 0 atom stereocenters. The normalized spacial score (nSPS) is 12.2. The minimum Gasteiger partial charge on any atom is -0.491 e. The lowest BCUT2D eigenvalue weighted by atomic mass is 9.91. The third-order valence-electron chi connectivity index (χ3n) is 7.32. The summed E-state index contributed by atoms with van der Waals surface area (Å²) in [4.78, 5) is 51.7. The molecule has 5 N–H and O–H groups in total. The smallest absolute Gasteiger partial charge is 0.338 e. The van der Waals surface area contributed by atoms with Gasteiger partial charge in [0.15, 0.2) is 5.95 Å². The molecule has 12 nitrogen and oxygen atoms in total. The highest BCUT2D eigenvalue weighted by molar-refractivity contribution is 6.12. The van der Waals surface area contributed by atoms with E-state index in [4.69, 9.17) is 15.2 Å². The predicted octanol–water partition coefficient (Wildman–Crippen LogP) is 4.49. The lowest BCUT2D eigenvalue weighted by molar-refractivity contribution is 0.0601. The summed E-state index contributed by atoms with van der Waals surface area (Å²) in [5.41, 5.74) is 9.76. The molecule has 0 aliphatic carbocycles. The molecule has 0 radical (unpaired) electrons. The van der Waals surface area contributed by atoms with Gasteiger partial charge in [-0.1, -0.05) is 19.9 Å². The lowest BCUT2D eigenvalue weighted by Crippen LogP contribution is -2.27. The molecular weight excluding hydrogens is 562 g/mol. The van der Waals surface area contributed by atoms with Crippen LogP contribution in [0.15, 0.2) is 60.9 Å². The fourth-order valence-corrected chi connectivity index (χ4v) is 5.18. The molecule has 2 aromatic heterocycles. The van der Waals surface area contributed by atoms with E-state index in [0.29, 0.717) is 70.2 Å². The number of methoxy groups -OCH3 is 1. The van der Waals surface area contributed by atoms with Gasteiger partial charge in [0.2, 0.25) is 0 Å². The number of nitrogens with two attached hydrogens (primary N) is 1. The van der Waals surface area contributed by atoms with Crippen LogP contribution in [-0.2, 0) is 11.3 Å². The first-order valence-electron chi connectivity index (χ1n) is 14.1. The van der Waals surface area contributed by atoms with Crippen molar-refractivity contribution < 1.29 is 23.9 Å². The van der Waals surface area contributed by atoms with Crippen LogP contribution in [0.4, 0.5) is 11.6 Å². The van der Waals surface area contributed by atoms with E-state index >= 15 is 0 Å². The van der Waals surface area contributed by atoms with E-state index in [2.05, 4.69) is 25.6 Å². The molecular formula is C32H31N7O5. The molecule has 5 aromatic rings. The molecule has 44 heavy (non-hydrogen) atoms. The Labute approximate surface area is 252 Å². The lowest BCUT2D eigenvalue weighted by Gasteiger charge is -2.18. The number of hydrogen-bond acceptors (Lipinski definition) is 8. The van der Waals surface area contributed by atoms with Gasteiger partial charge in [0.05, 0.1) is 35.8 Å². The molecule has 0 fully saturated rings. The number of hydrogen-bond donors (Lipinski definition) is 4. The summed E-state index contributed by atoms with van der Waals surface area (Å²) < 4.78 is 13.2. The van der Waals surface area contributed by atoms with Crippen molar-refractivity contribution in [3.63, 3.8) is 0 Å². The zero-order chi connectivity index (χ0) is 31.0. The highest BCUT2D eigenvalue weighted by Gasteiger charge is 2.26. The zero-order valence-corrected chi connectivity index (χ0v) is 24.4. The number of imidazole rings is 2. The van der Waals surface area contributed by atoms with Crippen molar-refractivity contribution in [3.05, 3.63) is 77.6 Å². The maximum Gasteiger partial charge on any atom is 0.338 e. The minimum absolute atomic E-state index is 0.128. The van der Waals surface area contributed by atoms with E-state index in [1.165, 1.54) is 13.2 Å². The van der Waals surface area contributed by atoms with Crippen molar-refractivity contribution in [2.24, 2.45) is 5.92 Å². The standard InChI is InChI=1S/C32H31N7O5/c1-17(2)16-35-29(40)18-4-6-20(23(12-18)31(42)43-3)21-15-27-24(28-34-8-9-39(28)10-11-44-27)14-22(21)30(41)36-19-5-7-25-26(13-19)38-32(33)37-25/h4-9,12-15,17H,10-11,16H2,1-3H3,(H,35,40)(H,36,41)(H3,33,37,38). The fourth-order valence-electron chi connectivity index (χ4n) is 5.18. The van der Waals surface area contributed by atoms with Crippen LogP contribution in [0.1, 0.15) is 44.9 Å². The highest BCUT2D eigenvalue weighted by Crippen LogP contribution is 2.39. The molecule has 3 aromatic carbocycles. The highest BCUT2D eigenvalue weighted by atomic mass is 16.5. The van der Waals surface area contributed by atoms with Crippen LogP contribution >= 0.6 is 0 Å².